The first-order valence-corrected chi connectivity index (χ1v) is 11.5. The fourth-order valence-electron chi connectivity index (χ4n) is 4.75. The van der Waals surface area contributed by atoms with Gasteiger partial charge in [-0.3, -0.25) is 0 Å². The Labute approximate surface area is 196 Å². The van der Waals surface area contributed by atoms with Crippen LogP contribution in [0.5, 0.6) is 11.5 Å². The Hall–Kier alpha value is -2.38. The highest BCUT2D eigenvalue weighted by atomic mass is 16.7. The second-order valence-corrected chi connectivity index (χ2v) is 8.95. The van der Waals surface area contributed by atoms with Gasteiger partial charge in [0.25, 0.3) is 0 Å². The SMILES string of the molecule is COc1ccc(CO[C@H]2CC[C@@](C)(CCO)C3=C2COC(c2ccc(OC)cc2)OC3)cc1. The summed E-state index contributed by atoms with van der Waals surface area (Å²) in [7, 11) is 3.32. The van der Waals surface area contributed by atoms with Crippen molar-refractivity contribution < 1.29 is 28.8 Å². The molecule has 1 heterocycles. The monoisotopic (exact) mass is 454 g/mol. The molecule has 4 rings (SSSR count). The lowest BCUT2D eigenvalue weighted by molar-refractivity contribution is -0.130. The topological polar surface area (TPSA) is 66.4 Å². The number of aliphatic hydroxyl groups excluding tert-OH is 1. The Balaban J connectivity index is 1.51. The fraction of sp³-hybridized carbons (Fsp3) is 0.481. The van der Waals surface area contributed by atoms with Crippen LogP contribution in [0.2, 0.25) is 0 Å². The molecule has 0 aromatic heterocycles. The van der Waals surface area contributed by atoms with Crippen molar-refractivity contribution in [3.8, 4) is 11.5 Å². The number of benzene rings is 2. The number of ether oxygens (including phenoxy) is 5. The van der Waals surface area contributed by atoms with Crippen molar-refractivity contribution >= 4 is 0 Å². The summed E-state index contributed by atoms with van der Waals surface area (Å²) in [5.74, 6) is 1.63. The predicted octanol–water partition coefficient (Wildman–Crippen LogP) is 4.81. The highest BCUT2D eigenvalue weighted by Gasteiger charge is 2.40. The first-order valence-electron chi connectivity index (χ1n) is 11.5. The average Bonchev–Trinajstić information content (AvgIpc) is 3.09. The number of hydrogen-bond acceptors (Lipinski definition) is 6. The molecular weight excluding hydrogens is 420 g/mol. The first kappa shape index (κ1) is 23.8. The lowest BCUT2D eigenvalue weighted by Gasteiger charge is -2.40. The van der Waals surface area contributed by atoms with E-state index in [1.165, 1.54) is 5.57 Å². The van der Waals surface area contributed by atoms with Crippen molar-refractivity contribution in [3.05, 3.63) is 70.8 Å². The summed E-state index contributed by atoms with van der Waals surface area (Å²) in [6.45, 7) is 3.79. The smallest absolute Gasteiger partial charge is 0.184 e. The van der Waals surface area contributed by atoms with E-state index in [2.05, 4.69) is 6.92 Å². The van der Waals surface area contributed by atoms with E-state index in [1.54, 1.807) is 14.2 Å². The van der Waals surface area contributed by atoms with E-state index in [9.17, 15) is 5.11 Å². The lowest BCUT2D eigenvalue weighted by Crippen LogP contribution is -2.35. The average molecular weight is 455 g/mol. The molecule has 0 radical (unpaired) electrons. The predicted molar refractivity (Wildman–Crippen MR) is 125 cm³/mol. The Morgan fingerprint density at radius 2 is 1.58 bits per heavy atom. The third-order valence-corrected chi connectivity index (χ3v) is 6.89. The Morgan fingerprint density at radius 3 is 2.21 bits per heavy atom. The van der Waals surface area contributed by atoms with Crippen LogP contribution in [-0.4, -0.2) is 45.3 Å². The van der Waals surface area contributed by atoms with Crippen molar-refractivity contribution in [2.45, 2.75) is 45.2 Å². The van der Waals surface area contributed by atoms with Gasteiger partial charge in [-0.05, 0) is 65.7 Å². The van der Waals surface area contributed by atoms with Gasteiger partial charge in [0.15, 0.2) is 6.29 Å². The summed E-state index contributed by atoms with van der Waals surface area (Å²) in [5.41, 5.74) is 4.29. The molecule has 0 amide bonds. The van der Waals surface area contributed by atoms with E-state index in [1.807, 2.05) is 48.5 Å². The largest absolute Gasteiger partial charge is 0.497 e. The van der Waals surface area contributed by atoms with Crippen LogP contribution < -0.4 is 9.47 Å². The molecule has 1 unspecified atom stereocenters. The molecule has 2 aromatic carbocycles. The number of rotatable bonds is 8. The molecule has 1 N–H and O–H groups in total. The minimum absolute atomic E-state index is 0.0351. The minimum atomic E-state index is -0.456. The van der Waals surface area contributed by atoms with Gasteiger partial charge in [-0.25, -0.2) is 0 Å². The van der Waals surface area contributed by atoms with Crippen LogP contribution in [-0.2, 0) is 20.8 Å². The van der Waals surface area contributed by atoms with Crippen LogP contribution in [0.3, 0.4) is 0 Å². The van der Waals surface area contributed by atoms with Crippen LogP contribution in [0.1, 0.15) is 43.6 Å². The molecule has 33 heavy (non-hydrogen) atoms. The zero-order chi connectivity index (χ0) is 23.3. The summed E-state index contributed by atoms with van der Waals surface area (Å²) >= 11 is 0. The minimum Gasteiger partial charge on any atom is -0.497 e. The number of aliphatic hydroxyl groups is 1. The van der Waals surface area contributed by atoms with Gasteiger partial charge in [0.1, 0.15) is 11.5 Å². The fourth-order valence-corrected chi connectivity index (χ4v) is 4.75. The molecule has 6 nitrogen and oxygen atoms in total. The highest BCUT2D eigenvalue weighted by Crippen LogP contribution is 2.46. The quantitative estimate of drug-likeness (QED) is 0.577. The van der Waals surface area contributed by atoms with Crippen molar-refractivity contribution in [1.29, 1.82) is 0 Å². The maximum absolute atomic E-state index is 9.74. The first-order chi connectivity index (χ1) is 16.1. The molecule has 1 aliphatic heterocycles. The molecule has 2 aromatic rings. The van der Waals surface area contributed by atoms with E-state index in [0.29, 0.717) is 26.2 Å². The molecule has 0 spiro atoms. The molecule has 0 saturated heterocycles. The summed E-state index contributed by atoms with van der Waals surface area (Å²) in [6, 6.07) is 15.7. The van der Waals surface area contributed by atoms with Gasteiger partial charge in [-0.1, -0.05) is 31.2 Å². The third-order valence-electron chi connectivity index (χ3n) is 6.89. The zero-order valence-corrected chi connectivity index (χ0v) is 19.7. The van der Waals surface area contributed by atoms with Crippen molar-refractivity contribution in [1.82, 2.24) is 0 Å². The van der Waals surface area contributed by atoms with Crippen LogP contribution >= 0.6 is 0 Å². The van der Waals surface area contributed by atoms with Gasteiger partial charge < -0.3 is 28.8 Å². The van der Waals surface area contributed by atoms with E-state index in [0.717, 1.165) is 41.0 Å². The zero-order valence-electron chi connectivity index (χ0n) is 19.7. The third kappa shape index (κ3) is 5.41. The van der Waals surface area contributed by atoms with Gasteiger partial charge >= 0.3 is 0 Å². The maximum atomic E-state index is 9.74. The van der Waals surface area contributed by atoms with Gasteiger partial charge in [0.05, 0.1) is 40.1 Å². The highest BCUT2D eigenvalue weighted by molar-refractivity contribution is 5.32. The Morgan fingerprint density at radius 1 is 0.939 bits per heavy atom. The van der Waals surface area contributed by atoms with Crippen LogP contribution in [0, 0.1) is 5.41 Å². The molecule has 0 saturated carbocycles. The number of methoxy groups -OCH3 is 2. The second kappa shape index (κ2) is 10.7. The maximum Gasteiger partial charge on any atom is 0.184 e. The lowest BCUT2D eigenvalue weighted by atomic mass is 9.68. The van der Waals surface area contributed by atoms with E-state index in [-0.39, 0.29) is 18.1 Å². The van der Waals surface area contributed by atoms with Crippen LogP contribution in [0.4, 0.5) is 0 Å². The van der Waals surface area contributed by atoms with E-state index in [4.69, 9.17) is 23.7 Å². The molecule has 0 fully saturated rings. The summed E-state index contributed by atoms with van der Waals surface area (Å²) < 4.78 is 29.4. The van der Waals surface area contributed by atoms with E-state index >= 15 is 0 Å². The summed E-state index contributed by atoms with van der Waals surface area (Å²) in [6.07, 6.45) is 2.04. The van der Waals surface area contributed by atoms with Crippen molar-refractivity contribution in [3.63, 3.8) is 0 Å². The molecule has 178 valence electrons. The Bertz CT molecular complexity index is 936. The number of hydrogen-bond donors (Lipinski definition) is 1. The van der Waals surface area contributed by atoms with Crippen LogP contribution in [0.15, 0.2) is 59.7 Å². The van der Waals surface area contributed by atoms with Gasteiger partial charge in [-0.2, -0.15) is 0 Å². The summed E-state index contributed by atoms with van der Waals surface area (Å²) in [4.78, 5) is 0. The van der Waals surface area contributed by atoms with Gasteiger partial charge in [-0.15, -0.1) is 0 Å². The summed E-state index contributed by atoms with van der Waals surface area (Å²) in [5, 5.41) is 9.74. The molecule has 0 bridgehead atoms. The molecular formula is C27H34O6. The second-order valence-electron chi connectivity index (χ2n) is 8.95. The Kier molecular flexibility index (Phi) is 7.71. The standard InChI is InChI=1S/C27H34O6/c1-27(14-15-28)13-12-25(31-16-19-4-8-21(29-2)9-5-19)23-17-32-26(33-18-24(23)27)20-6-10-22(30-3)11-7-20/h4-11,25-26,28H,12-18H2,1-3H3/t25-,26?,27-/m0/s1. The molecule has 1 aliphatic carbocycles. The van der Waals surface area contributed by atoms with Crippen molar-refractivity contribution in [2.75, 3.05) is 34.0 Å². The molecule has 3 atom stereocenters. The van der Waals surface area contributed by atoms with Gasteiger partial charge in [0, 0.05) is 12.2 Å². The normalized spacial score (nSPS) is 25.3. The van der Waals surface area contributed by atoms with Crippen molar-refractivity contribution in [2.24, 2.45) is 5.41 Å². The van der Waals surface area contributed by atoms with Gasteiger partial charge in [0.2, 0.25) is 0 Å². The molecule has 2 aliphatic rings. The van der Waals surface area contributed by atoms with E-state index < -0.39 is 6.29 Å². The molecule has 6 heteroatoms. The van der Waals surface area contributed by atoms with Crippen LogP contribution in [0.25, 0.3) is 0 Å².